The van der Waals surface area contributed by atoms with E-state index in [-0.39, 0.29) is 6.10 Å². The molecule has 1 aromatic carbocycles. The van der Waals surface area contributed by atoms with Crippen molar-refractivity contribution in [3.05, 3.63) is 35.9 Å². The smallest absolute Gasteiger partial charge is 0.190 e. The molecule has 6 nitrogen and oxygen atoms in total. The molecular weight excluding hydrogens is 330 g/mol. The predicted octanol–water partition coefficient (Wildman–Crippen LogP) is 2.37. The molecule has 1 aliphatic rings. The minimum atomic E-state index is 0.157. The number of benzene rings is 1. The van der Waals surface area contributed by atoms with Gasteiger partial charge in [0.1, 0.15) is 0 Å². The van der Waals surface area contributed by atoms with Gasteiger partial charge >= 0.3 is 0 Å². The summed E-state index contributed by atoms with van der Waals surface area (Å²) in [6, 6.07) is 10.5. The third-order valence-corrected chi connectivity index (χ3v) is 4.52. The highest BCUT2D eigenvalue weighted by Crippen LogP contribution is 2.32. The molecule has 0 amide bonds. The SMILES string of the molecule is CN=C(NCCCOCCOC)NCC1CCCOC1c1ccccc1. The van der Waals surface area contributed by atoms with Crippen molar-refractivity contribution in [1.82, 2.24) is 10.6 Å². The Morgan fingerprint density at radius 2 is 2.04 bits per heavy atom. The fraction of sp³-hybridized carbons (Fsp3) is 0.650. The first kappa shape index (κ1) is 20.7. The van der Waals surface area contributed by atoms with Crippen molar-refractivity contribution in [2.75, 3.05) is 53.7 Å². The van der Waals surface area contributed by atoms with Crippen molar-refractivity contribution in [2.45, 2.75) is 25.4 Å². The Labute approximate surface area is 157 Å². The zero-order valence-corrected chi connectivity index (χ0v) is 16.1. The number of hydrogen-bond donors (Lipinski definition) is 2. The Bertz CT molecular complexity index is 510. The number of methoxy groups -OCH3 is 1. The van der Waals surface area contributed by atoms with Crippen LogP contribution in [0.15, 0.2) is 35.3 Å². The minimum absolute atomic E-state index is 0.157. The molecule has 0 spiro atoms. The van der Waals surface area contributed by atoms with E-state index in [1.807, 2.05) is 6.07 Å². The third kappa shape index (κ3) is 7.32. The van der Waals surface area contributed by atoms with E-state index in [0.717, 1.165) is 51.5 Å². The topological polar surface area (TPSA) is 64.1 Å². The molecule has 26 heavy (non-hydrogen) atoms. The average molecular weight is 364 g/mol. The molecule has 146 valence electrons. The highest BCUT2D eigenvalue weighted by molar-refractivity contribution is 5.79. The van der Waals surface area contributed by atoms with E-state index in [1.165, 1.54) is 5.56 Å². The summed E-state index contributed by atoms with van der Waals surface area (Å²) >= 11 is 0. The maximum Gasteiger partial charge on any atom is 0.190 e. The summed E-state index contributed by atoms with van der Waals surface area (Å²) in [4.78, 5) is 4.31. The number of nitrogens with zero attached hydrogens (tertiary/aromatic N) is 1. The van der Waals surface area contributed by atoms with Crippen molar-refractivity contribution in [1.29, 1.82) is 0 Å². The van der Waals surface area contributed by atoms with E-state index < -0.39 is 0 Å². The zero-order chi connectivity index (χ0) is 18.5. The molecule has 2 atom stereocenters. The first-order valence-electron chi connectivity index (χ1n) is 9.53. The molecule has 1 aromatic rings. The van der Waals surface area contributed by atoms with Gasteiger partial charge in [-0.05, 0) is 24.8 Å². The molecule has 0 saturated carbocycles. The molecule has 1 saturated heterocycles. The van der Waals surface area contributed by atoms with Crippen LogP contribution in [0.2, 0.25) is 0 Å². The Balaban J connectivity index is 1.71. The molecule has 1 aliphatic heterocycles. The third-order valence-electron chi connectivity index (χ3n) is 4.52. The minimum Gasteiger partial charge on any atom is -0.382 e. The van der Waals surface area contributed by atoms with Crippen LogP contribution in [0.3, 0.4) is 0 Å². The number of hydrogen-bond acceptors (Lipinski definition) is 4. The van der Waals surface area contributed by atoms with Crippen LogP contribution < -0.4 is 10.6 Å². The first-order chi connectivity index (χ1) is 12.8. The van der Waals surface area contributed by atoms with Gasteiger partial charge in [-0.15, -0.1) is 0 Å². The van der Waals surface area contributed by atoms with Crippen LogP contribution >= 0.6 is 0 Å². The Morgan fingerprint density at radius 1 is 1.19 bits per heavy atom. The molecule has 1 heterocycles. The van der Waals surface area contributed by atoms with Crippen molar-refractivity contribution in [3.8, 4) is 0 Å². The van der Waals surface area contributed by atoms with Crippen molar-refractivity contribution in [3.63, 3.8) is 0 Å². The lowest BCUT2D eigenvalue weighted by Crippen LogP contribution is -2.42. The molecular formula is C20H33N3O3. The van der Waals surface area contributed by atoms with Crippen LogP contribution in [0, 0.1) is 5.92 Å². The van der Waals surface area contributed by atoms with E-state index >= 15 is 0 Å². The number of rotatable bonds is 10. The number of guanidine groups is 1. The maximum absolute atomic E-state index is 6.06. The highest BCUT2D eigenvalue weighted by atomic mass is 16.5. The van der Waals surface area contributed by atoms with Crippen LogP contribution in [0.5, 0.6) is 0 Å². The monoisotopic (exact) mass is 363 g/mol. The van der Waals surface area contributed by atoms with E-state index in [1.54, 1.807) is 14.2 Å². The van der Waals surface area contributed by atoms with Crippen molar-refractivity contribution in [2.24, 2.45) is 10.9 Å². The Morgan fingerprint density at radius 3 is 2.81 bits per heavy atom. The largest absolute Gasteiger partial charge is 0.382 e. The van der Waals surface area contributed by atoms with Crippen LogP contribution in [0.25, 0.3) is 0 Å². The predicted molar refractivity (Wildman–Crippen MR) is 105 cm³/mol. The van der Waals surface area contributed by atoms with Gasteiger partial charge in [0.05, 0.1) is 19.3 Å². The second-order valence-corrected chi connectivity index (χ2v) is 6.44. The normalized spacial score (nSPS) is 20.8. The number of nitrogens with one attached hydrogen (secondary N) is 2. The standard InChI is InChI=1S/C20H33N3O3/c1-21-20(22-11-7-12-25-15-14-24-2)23-16-18-10-6-13-26-19(18)17-8-4-3-5-9-17/h3-5,8-9,18-19H,6-7,10-16H2,1-2H3,(H2,21,22,23). The molecule has 1 fully saturated rings. The maximum atomic E-state index is 6.06. The van der Waals surface area contributed by atoms with Gasteiger partial charge in [-0.1, -0.05) is 30.3 Å². The van der Waals surface area contributed by atoms with E-state index in [2.05, 4.69) is 39.9 Å². The van der Waals surface area contributed by atoms with Crippen molar-refractivity contribution < 1.29 is 14.2 Å². The zero-order valence-electron chi connectivity index (χ0n) is 16.1. The van der Waals surface area contributed by atoms with E-state index in [0.29, 0.717) is 19.1 Å². The van der Waals surface area contributed by atoms with E-state index in [9.17, 15) is 0 Å². The van der Waals surface area contributed by atoms with Gasteiger partial charge in [-0.3, -0.25) is 4.99 Å². The molecule has 0 aliphatic carbocycles. The molecule has 0 bridgehead atoms. The van der Waals surface area contributed by atoms with Crippen molar-refractivity contribution >= 4 is 5.96 Å². The second kappa shape index (κ2) is 12.7. The number of aliphatic imine (C=N–C) groups is 1. The summed E-state index contributed by atoms with van der Waals surface area (Å²) in [7, 11) is 3.48. The summed E-state index contributed by atoms with van der Waals surface area (Å²) in [5.74, 6) is 1.28. The molecule has 0 radical (unpaired) electrons. The average Bonchev–Trinajstić information content (AvgIpc) is 2.70. The van der Waals surface area contributed by atoms with Crippen LogP contribution in [0.4, 0.5) is 0 Å². The van der Waals surface area contributed by atoms with Crippen LogP contribution in [0.1, 0.15) is 30.9 Å². The van der Waals surface area contributed by atoms with Gasteiger partial charge in [0.25, 0.3) is 0 Å². The van der Waals surface area contributed by atoms with Gasteiger partial charge in [-0.2, -0.15) is 0 Å². The summed E-state index contributed by atoms with van der Waals surface area (Å²) in [6.07, 6.45) is 3.37. The fourth-order valence-corrected chi connectivity index (χ4v) is 3.14. The molecule has 2 unspecified atom stereocenters. The lowest BCUT2D eigenvalue weighted by atomic mass is 9.89. The quantitative estimate of drug-likeness (QED) is 0.380. The number of ether oxygens (including phenoxy) is 3. The van der Waals surface area contributed by atoms with Gasteiger partial charge in [0, 0.05) is 46.4 Å². The summed E-state index contributed by atoms with van der Waals surface area (Å²) in [5.41, 5.74) is 1.26. The van der Waals surface area contributed by atoms with Gasteiger partial charge < -0.3 is 24.8 Å². The lowest BCUT2D eigenvalue weighted by molar-refractivity contribution is -0.0265. The Kier molecular flexibility index (Phi) is 10.1. The van der Waals surface area contributed by atoms with Gasteiger partial charge in [0.2, 0.25) is 0 Å². The second-order valence-electron chi connectivity index (χ2n) is 6.44. The van der Waals surface area contributed by atoms with Gasteiger partial charge in [0.15, 0.2) is 5.96 Å². The van der Waals surface area contributed by atoms with E-state index in [4.69, 9.17) is 14.2 Å². The molecule has 6 heteroatoms. The van der Waals surface area contributed by atoms with Gasteiger partial charge in [-0.25, -0.2) is 0 Å². The lowest BCUT2D eigenvalue weighted by Gasteiger charge is -2.32. The molecule has 0 aromatic heterocycles. The highest BCUT2D eigenvalue weighted by Gasteiger charge is 2.27. The van der Waals surface area contributed by atoms with Crippen LogP contribution in [-0.2, 0) is 14.2 Å². The Hall–Kier alpha value is -1.63. The molecule has 2 rings (SSSR count). The fourth-order valence-electron chi connectivity index (χ4n) is 3.14. The van der Waals surface area contributed by atoms with Crippen LogP contribution in [-0.4, -0.2) is 59.6 Å². The molecule has 2 N–H and O–H groups in total. The summed E-state index contributed by atoms with van der Waals surface area (Å²) in [5, 5.41) is 6.79. The summed E-state index contributed by atoms with van der Waals surface area (Å²) in [6.45, 7) is 4.53. The summed E-state index contributed by atoms with van der Waals surface area (Å²) < 4.78 is 16.5. The first-order valence-corrected chi connectivity index (χ1v) is 9.53.